The number of rotatable bonds is 15. The van der Waals surface area contributed by atoms with Crippen molar-refractivity contribution < 1.29 is 23.7 Å². The molecule has 0 saturated carbocycles. The fourth-order valence-electron chi connectivity index (χ4n) is 6.35. The highest BCUT2D eigenvalue weighted by atomic mass is 16.5. The number of carbonyl (C=O) groups is 1. The Bertz CT molecular complexity index is 2040. The van der Waals surface area contributed by atoms with Gasteiger partial charge >= 0.3 is 0 Å². The maximum atomic E-state index is 14.0. The molecular weight excluding hydrogens is 633 g/mol. The predicted molar refractivity (Wildman–Crippen MR) is 203 cm³/mol. The Kier molecular flexibility index (Phi) is 11.5. The number of ketones is 1. The van der Waals surface area contributed by atoms with E-state index in [2.05, 4.69) is 6.92 Å². The average molecular weight is 677 g/mol. The standard InChI is InChI=1S/C46H44O5/c1-32-33(2)46(51-31-39-23-15-8-16-24-39)43(34(3)45(32)50-30-38-21-13-7-14-22-38)44(35(4)47)41-26-25-40(48-28-36-17-9-5-10-18-36)27-42(41)49-29-37-19-11-6-12-20-37/h5-27,44H,28-31H2,1-4H3. The van der Waals surface area contributed by atoms with Crippen LogP contribution in [0, 0.1) is 20.8 Å². The largest absolute Gasteiger partial charge is 0.489 e. The van der Waals surface area contributed by atoms with Crippen LogP contribution in [0.4, 0.5) is 0 Å². The third-order valence-electron chi connectivity index (χ3n) is 9.16. The van der Waals surface area contributed by atoms with Gasteiger partial charge in [0, 0.05) is 17.2 Å². The van der Waals surface area contributed by atoms with Crippen LogP contribution in [0.3, 0.4) is 0 Å². The van der Waals surface area contributed by atoms with Gasteiger partial charge in [-0.25, -0.2) is 0 Å². The third kappa shape index (κ3) is 8.68. The van der Waals surface area contributed by atoms with Gasteiger partial charge in [-0.3, -0.25) is 4.79 Å². The van der Waals surface area contributed by atoms with Crippen LogP contribution in [-0.2, 0) is 31.2 Å². The lowest BCUT2D eigenvalue weighted by Gasteiger charge is -2.28. The molecule has 0 saturated heterocycles. The summed E-state index contributed by atoms with van der Waals surface area (Å²) >= 11 is 0. The molecule has 1 unspecified atom stereocenters. The zero-order valence-corrected chi connectivity index (χ0v) is 29.7. The van der Waals surface area contributed by atoms with E-state index < -0.39 is 5.92 Å². The molecule has 5 nitrogen and oxygen atoms in total. The van der Waals surface area contributed by atoms with Crippen LogP contribution in [0.5, 0.6) is 23.0 Å². The van der Waals surface area contributed by atoms with E-state index in [9.17, 15) is 4.79 Å². The van der Waals surface area contributed by atoms with Gasteiger partial charge in [0.15, 0.2) is 0 Å². The van der Waals surface area contributed by atoms with E-state index in [0.717, 1.165) is 55.8 Å². The molecule has 6 aromatic carbocycles. The minimum absolute atomic E-state index is 0.0394. The summed E-state index contributed by atoms with van der Waals surface area (Å²) in [6.45, 7) is 9.23. The quantitative estimate of drug-likeness (QED) is 0.108. The minimum Gasteiger partial charge on any atom is -0.489 e. The Balaban J connectivity index is 1.45. The minimum atomic E-state index is -0.705. The molecule has 0 aromatic heterocycles. The maximum absolute atomic E-state index is 14.0. The van der Waals surface area contributed by atoms with Crippen molar-refractivity contribution >= 4 is 5.78 Å². The van der Waals surface area contributed by atoms with Crippen molar-refractivity contribution in [1.82, 2.24) is 0 Å². The highest BCUT2D eigenvalue weighted by molar-refractivity contribution is 5.90. The second-order valence-electron chi connectivity index (χ2n) is 12.8. The van der Waals surface area contributed by atoms with E-state index in [4.69, 9.17) is 18.9 Å². The number of Topliss-reactive ketones (excluding diaryl/α,β-unsaturated/α-hetero) is 1. The lowest BCUT2D eigenvalue weighted by molar-refractivity contribution is -0.117. The van der Waals surface area contributed by atoms with Gasteiger partial charge in [-0.05, 0) is 72.7 Å². The van der Waals surface area contributed by atoms with E-state index in [1.807, 2.05) is 153 Å². The van der Waals surface area contributed by atoms with E-state index in [-0.39, 0.29) is 5.78 Å². The second kappa shape index (κ2) is 16.7. The topological polar surface area (TPSA) is 54.0 Å². The Labute approximate surface area is 301 Å². The van der Waals surface area contributed by atoms with Gasteiger partial charge in [0.2, 0.25) is 0 Å². The van der Waals surface area contributed by atoms with Crippen LogP contribution in [0.1, 0.15) is 62.9 Å². The Morgan fingerprint density at radius 1 is 0.490 bits per heavy atom. The molecule has 6 rings (SSSR count). The van der Waals surface area contributed by atoms with Gasteiger partial charge in [0.1, 0.15) is 55.2 Å². The average Bonchev–Trinajstić information content (AvgIpc) is 3.17. The summed E-state index contributed by atoms with van der Waals surface area (Å²) in [5.74, 6) is 1.91. The molecule has 0 aliphatic carbocycles. The SMILES string of the molecule is CC(=O)C(c1ccc(OCc2ccccc2)cc1OCc1ccccc1)c1c(C)c(OCc2ccccc2)c(C)c(C)c1OCc1ccccc1. The molecule has 258 valence electrons. The van der Waals surface area contributed by atoms with Gasteiger partial charge < -0.3 is 18.9 Å². The normalized spacial score (nSPS) is 11.5. The van der Waals surface area contributed by atoms with Crippen LogP contribution in [-0.4, -0.2) is 5.78 Å². The summed E-state index contributed by atoms with van der Waals surface area (Å²) in [4.78, 5) is 14.0. The molecule has 6 aromatic rings. The van der Waals surface area contributed by atoms with Crippen molar-refractivity contribution in [2.45, 2.75) is 60.0 Å². The van der Waals surface area contributed by atoms with Crippen molar-refractivity contribution in [2.75, 3.05) is 0 Å². The molecule has 5 heteroatoms. The number of benzene rings is 6. The van der Waals surface area contributed by atoms with E-state index >= 15 is 0 Å². The summed E-state index contributed by atoms with van der Waals surface area (Å²) < 4.78 is 26.1. The van der Waals surface area contributed by atoms with Crippen LogP contribution >= 0.6 is 0 Å². The Hall–Kier alpha value is -5.81. The van der Waals surface area contributed by atoms with Gasteiger partial charge in [-0.2, -0.15) is 0 Å². The van der Waals surface area contributed by atoms with Crippen LogP contribution in [0.25, 0.3) is 0 Å². The van der Waals surface area contributed by atoms with Crippen LogP contribution in [0.2, 0.25) is 0 Å². The van der Waals surface area contributed by atoms with E-state index in [1.54, 1.807) is 6.92 Å². The molecule has 0 spiro atoms. The van der Waals surface area contributed by atoms with Crippen molar-refractivity contribution in [1.29, 1.82) is 0 Å². The smallest absolute Gasteiger partial charge is 0.141 e. The summed E-state index contributed by atoms with van der Waals surface area (Å²) in [6, 6.07) is 46.0. The Morgan fingerprint density at radius 3 is 1.37 bits per heavy atom. The zero-order valence-electron chi connectivity index (χ0n) is 29.7. The molecule has 0 heterocycles. The van der Waals surface area contributed by atoms with E-state index in [0.29, 0.717) is 43.7 Å². The summed E-state index contributed by atoms with van der Waals surface area (Å²) in [7, 11) is 0. The first kappa shape index (κ1) is 35.0. The molecule has 0 fully saturated rings. The highest BCUT2D eigenvalue weighted by Crippen LogP contribution is 2.47. The van der Waals surface area contributed by atoms with Crippen molar-refractivity contribution in [3.63, 3.8) is 0 Å². The monoisotopic (exact) mass is 676 g/mol. The second-order valence-corrected chi connectivity index (χ2v) is 12.8. The van der Waals surface area contributed by atoms with Crippen molar-refractivity contribution in [3.8, 4) is 23.0 Å². The number of carbonyl (C=O) groups excluding carboxylic acids is 1. The first-order valence-electron chi connectivity index (χ1n) is 17.3. The fraction of sp³-hybridized carbons (Fsp3) is 0.196. The number of hydrogen-bond acceptors (Lipinski definition) is 5. The number of ether oxygens (including phenoxy) is 4. The summed E-state index contributed by atoms with van der Waals surface area (Å²) in [5.41, 5.74) is 8.43. The van der Waals surface area contributed by atoms with Gasteiger partial charge in [0.05, 0.1) is 5.92 Å². The van der Waals surface area contributed by atoms with Crippen molar-refractivity contribution in [3.05, 3.63) is 190 Å². The lowest BCUT2D eigenvalue weighted by atomic mass is 9.82. The molecule has 0 bridgehead atoms. The van der Waals surface area contributed by atoms with E-state index in [1.165, 1.54) is 0 Å². The Morgan fingerprint density at radius 2 is 0.902 bits per heavy atom. The fourth-order valence-corrected chi connectivity index (χ4v) is 6.35. The molecule has 51 heavy (non-hydrogen) atoms. The lowest BCUT2D eigenvalue weighted by Crippen LogP contribution is -2.18. The third-order valence-corrected chi connectivity index (χ3v) is 9.16. The predicted octanol–water partition coefficient (Wildman–Crippen LogP) is 10.6. The van der Waals surface area contributed by atoms with Gasteiger partial charge in [-0.1, -0.05) is 127 Å². The van der Waals surface area contributed by atoms with Gasteiger partial charge in [0.25, 0.3) is 0 Å². The zero-order chi connectivity index (χ0) is 35.6. The van der Waals surface area contributed by atoms with Crippen molar-refractivity contribution in [2.24, 2.45) is 0 Å². The molecule has 1 atom stereocenters. The maximum Gasteiger partial charge on any atom is 0.141 e. The van der Waals surface area contributed by atoms with Crippen LogP contribution in [0.15, 0.2) is 140 Å². The molecule has 0 radical (unpaired) electrons. The molecular formula is C46H44O5. The first-order chi connectivity index (χ1) is 24.9. The molecule has 0 amide bonds. The number of hydrogen-bond donors (Lipinski definition) is 0. The molecule has 0 N–H and O–H groups in total. The summed E-state index contributed by atoms with van der Waals surface area (Å²) in [5, 5.41) is 0. The first-order valence-corrected chi connectivity index (χ1v) is 17.3. The van der Waals surface area contributed by atoms with Crippen LogP contribution < -0.4 is 18.9 Å². The highest BCUT2D eigenvalue weighted by Gasteiger charge is 2.32. The van der Waals surface area contributed by atoms with Gasteiger partial charge in [-0.15, -0.1) is 0 Å². The summed E-state index contributed by atoms with van der Waals surface area (Å²) in [6.07, 6.45) is 0. The molecule has 0 aliphatic heterocycles. The molecule has 0 aliphatic rings.